The maximum absolute atomic E-state index is 12.7. The van der Waals surface area contributed by atoms with Crippen LogP contribution in [0.15, 0.2) is 48.7 Å². The molecule has 0 aliphatic heterocycles. The van der Waals surface area contributed by atoms with Gasteiger partial charge in [0.1, 0.15) is 11.7 Å². The summed E-state index contributed by atoms with van der Waals surface area (Å²) < 4.78 is 0. The van der Waals surface area contributed by atoms with E-state index in [2.05, 4.69) is 15.3 Å². The number of carbonyl (C=O) groups is 2. The van der Waals surface area contributed by atoms with Crippen LogP contribution < -0.4 is 5.32 Å². The molecule has 0 radical (unpaired) electrons. The normalized spacial score (nSPS) is 12.0. The second kappa shape index (κ2) is 7.39. The van der Waals surface area contributed by atoms with Crippen molar-refractivity contribution in [3.05, 3.63) is 65.6 Å². The standard InChI is InChI=1S/C20H22N4O2/c1-13-9-15-11-16(22-18(15)12-21-13)19(25)23-17(20(26)24(2)3)10-14-7-5-4-6-8-14/h4-9,11-12,17,22H,10H2,1-3H3,(H,23,25)/t17-/m0/s1. The number of hydrogen-bond donors (Lipinski definition) is 2. The number of carbonyl (C=O) groups excluding carboxylic acids is 2. The van der Waals surface area contributed by atoms with Crippen molar-refractivity contribution in [3.8, 4) is 0 Å². The number of likely N-dealkylation sites (N-methyl/N-ethyl adjacent to an activating group) is 1. The Bertz CT molecular complexity index is 931. The van der Waals surface area contributed by atoms with E-state index < -0.39 is 6.04 Å². The third-order valence-corrected chi connectivity index (χ3v) is 4.21. The van der Waals surface area contributed by atoms with E-state index in [-0.39, 0.29) is 11.8 Å². The molecule has 134 valence electrons. The molecule has 0 aliphatic rings. The molecule has 0 saturated heterocycles. The molecule has 26 heavy (non-hydrogen) atoms. The molecule has 2 amide bonds. The quantitative estimate of drug-likeness (QED) is 0.741. The van der Waals surface area contributed by atoms with Crippen molar-refractivity contribution in [3.63, 3.8) is 0 Å². The van der Waals surface area contributed by atoms with E-state index in [4.69, 9.17) is 0 Å². The lowest BCUT2D eigenvalue weighted by Crippen LogP contribution is -2.47. The first kappa shape index (κ1) is 17.7. The Kier molecular flexibility index (Phi) is 5.02. The van der Waals surface area contributed by atoms with Gasteiger partial charge in [-0.25, -0.2) is 0 Å². The molecule has 2 N–H and O–H groups in total. The second-order valence-electron chi connectivity index (χ2n) is 6.54. The predicted octanol–water partition coefficient (Wildman–Crippen LogP) is 2.30. The van der Waals surface area contributed by atoms with E-state index in [1.165, 1.54) is 4.90 Å². The van der Waals surface area contributed by atoms with Gasteiger partial charge in [-0.15, -0.1) is 0 Å². The fourth-order valence-corrected chi connectivity index (χ4v) is 2.86. The van der Waals surface area contributed by atoms with Crippen LogP contribution in [0.25, 0.3) is 10.9 Å². The molecular weight excluding hydrogens is 328 g/mol. The fraction of sp³-hybridized carbons (Fsp3) is 0.250. The number of amides is 2. The van der Waals surface area contributed by atoms with Crippen molar-refractivity contribution in [2.45, 2.75) is 19.4 Å². The highest BCUT2D eigenvalue weighted by atomic mass is 16.2. The topological polar surface area (TPSA) is 78.1 Å². The minimum absolute atomic E-state index is 0.143. The minimum Gasteiger partial charge on any atom is -0.349 e. The second-order valence-corrected chi connectivity index (χ2v) is 6.54. The summed E-state index contributed by atoms with van der Waals surface area (Å²) >= 11 is 0. The average molecular weight is 350 g/mol. The Labute approximate surface area is 152 Å². The van der Waals surface area contributed by atoms with Gasteiger partial charge in [-0.05, 0) is 24.6 Å². The summed E-state index contributed by atoms with van der Waals surface area (Å²) in [6.45, 7) is 1.90. The molecule has 2 aromatic heterocycles. The van der Waals surface area contributed by atoms with Gasteiger partial charge in [0.25, 0.3) is 5.91 Å². The highest BCUT2D eigenvalue weighted by Crippen LogP contribution is 2.15. The van der Waals surface area contributed by atoms with Crippen LogP contribution in [-0.2, 0) is 11.2 Å². The van der Waals surface area contributed by atoms with Gasteiger partial charge < -0.3 is 15.2 Å². The van der Waals surface area contributed by atoms with Gasteiger partial charge in [-0.3, -0.25) is 14.6 Å². The number of aromatic amines is 1. The molecule has 2 heterocycles. The van der Waals surface area contributed by atoms with Crippen LogP contribution in [0.2, 0.25) is 0 Å². The van der Waals surface area contributed by atoms with E-state index in [1.54, 1.807) is 26.4 Å². The van der Waals surface area contributed by atoms with E-state index in [1.807, 2.05) is 43.3 Å². The number of benzene rings is 1. The van der Waals surface area contributed by atoms with Gasteiger partial charge in [-0.1, -0.05) is 30.3 Å². The van der Waals surface area contributed by atoms with Gasteiger partial charge in [0.2, 0.25) is 5.91 Å². The van der Waals surface area contributed by atoms with Crippen LogP contribution >= 0.6 is 0 Å². The molecule has 1 atom stereocenters. The summed E-state index contributed by atoms with van der Waals surface area (Å²) in [7, 11) is 3.37. The Morgan fingerprint density at radius 3 is 2.62 bits per heavy atom. The summed E-state index contributed by atoms with van der Waals surface area (Å²) in [5, 5.41) is 3.77. The van der Waals surface area contributed by atoms with Crippen molar-refractivity contribution in [1.82, 2.24) is 20.2 Å². The summed E-state index contributed by atoms with van der Waals surface area (Å²) in [5.74, 6) is -0.453. The van der Waals surface area contributed by atoms with Crippen LogP contribution in [0.5, 0.6) is 0 Å². The van der Waals surface area contributed by atoms with E-state index in [0.29, 0.717) is 12.1 Å². The molecule has 0 bridgehead atoms. The molecule has 3 aromatic rings. The van der Waals surface area contributed by atoms with E-state index >= 15 is 0 Å². The molecule has 3 rings (SSSR count). The zero-order valence-corrected chi connectivity index (χ0v) is 15.1. The van der Waals surface area contributed by atoms with Crippen LogP contribution in [0.4, 0.5) is 0 Å². The molecule has 0 unspecified atom stereocenters. The average Bonchev–Trinajstić information content (AvgIpc) is 3.04. The predicted molar refractivity (Wildman–Crippen MR) is 101 cm³/mol. The zero-order chi connectivity index (χ0) is 18.7. The highest BCUT2D eigenvalue weighted by molar-refractivity contribution is 6.00. The maximum atomic E-state index is 12.7. The monoisotopic (exact) mass is 350 g/mol. The number of nitrogens with one attached hydrogen (secondary N) is 2. The Hall–Kier alpha value is -3.15. The molecular formula is C20H22N4O2. The number of aromatic nitrogens is 2. The number of hydrogen-bond acceptors (Lipinski definition) is 3. The Morgan fingerprint density at radius 2 is 1.92 bits per heavy atom. The van der Waals surface area contributed by atoms with Crippen molar-refractivity contribution in [2.24, 2.45) is 0 Å². The number of nitrogens with zero attached hydrogens (tertiary/aromatic N) is 2. The minimum atomic E-state index is -0.633. The van der Waals surface area contributed by atoms with Crippen molar-refractivity contribution < 1.29 is 9.59 Å². The smallest absolute Gasteiger partial charge is 0.268 e. The maximum Gasteiger partial charge on any atom is 0.268 e. The number of pyridine rings is 1. The first-order valence-electron chi connectivity index (χ1n) is 8.45. The molecule has 6 nitrogen and oxygen atoms in total. The number of H-pyrrole nitrogens is 1. The van der Waals surface area contributed by atoms with Gasteiger partial charge in [0.15, 0.2) is 0 Å². The largest absolute Gasteiger partial charge is 0.349 e. The molecule has 0 saturated carbocycles. The molecule has 1 aromatic carbocycles. The Balaban J connectivity index is 1.82. The zero-order valence-electron chi connectivity index (χ0n) is 15.1. The van der Waals surface area contributed by atoms with Gasteiger partial charge >= 0.3 is 0 Å². The molecule has 6 heteroatoms. The first-order valence-corrected chi connectivity index (χ1v) is 8.45. The lowest BCUT2D eigenvalue weighted by molar-refractivity contribution is -0.130. The van der Waals surface area contributed by atoms with Crippen LogP contribution in [0.3, 0.4) is 0 Å². The summed E-state index contributed by atoms with van der Waals surface area (Å²) in [4.78, 5) is 34.0. The van der Waals surface area contributed by atoms with Crippen molar-refractivity contribution in [1.29, 1.82) is 0 Å². The van der Waals surface area contributed by atoms with Crippen molar-refractivity contribution in [2.75, 3.05) is 14.1 Å². The lowest BCUT2D eigenvalue weighted by atomic mass is 10.0. The number of aryl methyl sites for hydroxylation is 1. The number of rotatable bonds is 5. The first-order chi connectivity index (χ1) is 12.4. The summed E-state index contributed by atoms with van der Waals surface area (Å²) in [6.07, 6.45) is 2.14. The van der Waals surface area contributed by atoms with Crippen molar-refractivity contribution >= 4 is 22.7 Å². The molecule has 0 spiro atoms. The summed E-state index contributed by atoms with van der Waals surface area (Å²) in [6, 6.07) is 12.7. The van der Waals surface area contributed by atoms with Gasteiger partial charge in [-0.2, -0.15) is 0 Å². The third-order valence-electron chi connectivity index (χ3n) is 4.21. The van der Waals surface area contributed by atoms with Crippen LogP contribution in [-0.4, -0.2) is 46.8 Å². The number of fused-ring (bicyclic) bond motifs is 1. The van der Waals surface area contributed by atoms with Gasteiger partial charge in [0, 0.05) is 31.6 Å². The molecule has 0 aliphatic carbocycles. The van der Waals surface area contributed by atoms with Crippen LogP contribution in [0.1, 0.15) is 21.7 Å². The third kappa shape index (κ3) is 3.91. The van der Waals surface area contributed by atoms with E-state index in [9.17, 15) is 9.59 Å². The molecule has 0 fully saturated rings. The SMILES string of the molecule is Cc1cc2cc(C(=O)N[C@@H](Cc3ccccc3)C(=O)N(C)C)[nH]c2cn1. The van der Waals surface area contributed by atoms with Crippen LogP contribution in [0, 0.1) is 6.92 Å². The Morgan fingerprint density at radius 1 is 1.19 bits per heavy atom. The fourth-order valence-electron chi connectivity index (χ4n) is 2.86. The van der Waals surface area contributed by atoms with E-state index in [0.717, 1.165) is 22.2 Å². The van der Waals surface area contributed by atoms with Gasteiger partial charge in [0.05, 0.1) is 11.7 Å². The lowest BCUT2D eigenvalue weighted by Gasteiger charge is -2.21. The highest BCUT2D eigenvalue weighted by Gasteiger charge is 2.24. The summed E-state index contributed by atoms with van der Waals surface area (Å²) in [5.41, 5.74) is 3.08.